The van der Waals surface area contributed by atoms with E-state index in [9.17, 15) is 26.9 Å². The second kappa shape index (κ2) is 9.75. The van der Waals surface area contributed by atoms with Gasteiger partial charge in [-0.2, -0.15) is 28.4 Å². The molecule has 0 aliphatic carbocycles. The summed E-state index contributed by atoms with van der Waals surface area (Å²) in [4.78, 5) is 9.59. The van der Waals surface area contributed by atoms with Crippen LogP contribution in [-0.2, 0) is 28.2 Å². The molecule has 0 atom stereocenters. The highest BCUT2D eigenvalue weighted by atomic mass is 32.2. The molecular formula is C22H26F3N5O3S2. The Bertz CT molecular complexity index is 1340. The minimum absolute atomic E-state index is 0.0468. The standard InChI is InChI=1S/C22H26F3N5O3S2/c1-21(2,3)18-12-29(9-14-10-30(11-14)35(5,31)32)20(34-18)28-19(27-13-26)16-8-15(22(23,24)25)6-7-17(16)33-4/h6-8,12,14H,9-11H2,1-5H3/b27-19?,28-20-. The second-order valence-electron chi connectivity index (χ2n) is 9.29. The van der Waals surface area contributed by atoms with Crippen molar-refractivity contribution >= 4 is 27.2 Å². The normalized spacial score (nSPS) is 16.8. The van der Waals surface area contributed by atoms with Crippen molar-refractivity contribution in [3.63, 3.8) is 0 Å². The number of hydrogen-bond acceptors (Lipinski definition) is 6. The molecule has 190 valence electrons. The number of methoxy groups -OCH3 is 1. The lowest BCUT2D eigenvalue weighted by molar-refractivity contribution is -0.137. The van der Waals surface area contributed by atoms with Crippen molar-refractivity contribution in [2.75, 3.05) is 26.5 Å². The molecule has 13 heteroatoms. The van der Waals surface area contributed by atoms with Gasteiger partial charge in [0.15, 0.2) is 10.6 Å². The minimum atomic E-state index is -4.60. The van der Waals surface area contributed by atoms with Crippen LogP contribution in [0.4, 0.5) is 13.2 Å². The van der Waals surface area contributed by atoms with Crippen LogP contribution in [0.5, 0.6) is 5.75 Å². The fourth-order valence-electron chi connectivity index (χ4n) is 3.47. The largest absolute Gasteiger partial charge is 0.496 e. The molecule has 0 unspecified atom stereocenters. The highest BCUT2D eigenvalue weighted by Crippen LogP contribution is 2.33. The summed E-state index contributed by atoms with van der Waals surface area (Å²) in [5.41, 5.74) is -1.22. The molecule has 3 rings (SSSR count). The first-order chi connectivity index (χ1) is 16.1. The summed E-state index contributed by atoms with van der Waals surface area (Å²) in [5.74, 6) is -0.0684. The van der Waals surface area contributed by atoms with Crippen LogP contribution in [0.3, 0.4) is 0 Å². The molecule has 1 fully saturated rings. The van der Waals surface area contributed by atoms with Crippen LogP contribution in [0.15, 0.2) is 34.4 Å². The molecule has 1 saturated heterocycles. The van der Waals surface area contributed by atoms with E-state index in [2.05, 4.69) is 9.98 Å². The summed E-state index contributed by atoms with van der Waals surface area (Å²) in [7, 11) is -1.95. The molecule has 0 spiro atoms. The van der Waals surface area contributed by atoms with Gasteiger partial charge in [-0.05, 0) is 23.6 Å². The van der Waals surface area contributed by atoms with Crippen molar-refractivity contribution in [3.05, 3.63) is 45.2 Å². The van der Waals surface area contributed by atoms with Gasteiger partial charge in [0, 0.05) is 36.6 Å². The monoisotopic (exact) mass is 529 g/mol. The third-order valence-electron chi connectivity index (χ3n) is 5.43. The van der Waals surface area contributed by atoms with E-state index in [4.69, 9.17) is 4.74 Å². The average Bonchev–Trinajstić information content (AvgIpc) is 3.11. The first kappa shape index (κ1) is 26.9. The average molecular weight is 530 g/mol. The van der Waals surface area contributed by atoms with E-state index in [1.165, 1.54) is 22.8 Å². The molecule has 0 saturated carbocycles. The number of ether oxygens (including phenoxy) is 1. The Morgan fingerprint density at radius 2 is 1.94 bits per heavy atom. The van der Waals surface area contributed by atoms with Crippen LogP contribution in [0.2, 0.25) is 0 Å². The summed E-state index contributed by atoms with van der Waals surface area (Å²) in [6, 6.07) is 2.91. The van der Waals surface area contributed by atoms with Gasteiger partial charge in [0.25, 0.3) is 0 Å². The number of benzene rings is 1. The molecule has 1 aromatic carbocycles. The smallest absolute Gasteiger partial charge is 0.416 e. The summed E-state index contributed by atoms with van der Waals surface area (Å²) in [6.07, 6.45) is 0.0790. The number of amidine groups is 1. The number of aliphatic imine (C=N–C) groups is 1. The number of alkyl halides is 3. The number of rotatable bonds is 5. The Hall–Kier alpha value is -2.69. The molecule has 2 heterocycles. The maximum Gasteiger partial charge on any atom is 0.416 e. The van der Waals surface area contributed by atoms with Gasteiger partial charge in [-0.3, -0.25) is 0 Å². The molecule has 1 aliphatic heterocycles. The van der Waals surface area contributed by atoms with Gasteiger partial charge in [0.05, 0.1) is 24.5 Å². The van der Waals surface area contributed by atoms with Gasteiger partial charge >= 0.3 is 6.18 Å². The van der Waals surface area contributed by atoms with E-state index in [0.717, 1.165) is 29.3 Å². The fraction of sp³-hybridized carbons (Fsp3) is 0.500. The summed E-state index contributed by atoms with van der Waals surface area (Å²) in [5, 5.41) is 9.24. The van der Waals surface area contributed by atoms with Crippen LogP contribution in [0.1, 0.15) is 36.8 Å². The van der Waals surface area contributed by atoms with Crippen molar-refractivity contribution in [1.29, 1.82) is 5.26 Å². The number of nitrogens with zero attached hydrogens (tertiary/aromatic N) is 5. The first-order valence-electron chi connectivity index (χ1n) is 10.6. The highest BCUT2D eigenvalue weighted by molar-refractivity contribution is 7.88. The first-order valence-corrected chi connectivity index (χ1v) is 13.2. The van der Waals surface area contributed by atoms with Gasteiger partial charge in [0.1, 0.15) is 5.75 Å². The predicted molar refractivity (Wildman–Crippen MR) is 127 cm³/mol. The quantitative estimate of drug-likeness (QED) is 0.336. The molecule has 0 N–H and O–H groups in total. The highest BCUT2D eigenvalue weighted by Gasteiger charge is 2.34. The number of nitriles is 1. The summed E-state index contributed by atoms with van der Waals surface area (Å²) in [6.45, 7) is 7.24. The molecule has 35 heavy (non-hydrogen) atoms. The molecule has 0 radical (unpaired) electrons. The lowest BCUT2D eigenvalue weighted by Crippen LogP contribution is -2.51. The second-order valence-corrected chi connectivity index (χ2v) is 12.3. The maximum absolute atomic E-state index is 13.4. The Morgan fingerprint density at radius 3 is 2.46 bits per heavy atom. The lowest BCUT2D eigenvalue weighted by Gasteiger charge is -2.37. The third kappa shape index (κ3) is 6.31. The van der Waals surface area contributed by atoms with Crippen LogP contribution in [0, 0.1) is 17.4 Å². The van der Waals surface area contributed by atoms with Gasteiger partial charge in [-0.1, -0.05) is 20.8 Å². The topological polar surface area (TPSA) is 100 Å². The van der Waals surface area contributed by atoms with E-state index in [0.29, 0.717) is 24.4 Å². The Balaban J connectivity index is 2.10. The van der Waals surface area contributed by atoms with Gasteiger partial charge in [0.2, 0.25) is 16.2 Å². The van der Waals surface area contributed by atoms with E-state index >= 15 is 0 Å². The zero-order chi connectivity index (χ0) is 26.2. The van der Waals surface area contributed by atoms with Crippen LogP contribution < -0.4 is 9.54 Å². The number of hydrogen-bond donors (Lipinski definition) is 0. The van der Waals surface area contributed by atoms with E-state index in [1.807, 2.05) is 31.5 Å². The van der Waals surface area contributed by atoms with Crippen molar-refractivity contribution in [2.45, 2.75) is 38.9 Å². The van der Waals surface area contributed by atoms with E-state index in [1.54, 1.807) is 6.19 Å². The van der Waals surface area contributed by atoms with E-state index in [-0.39, 0.29) is 28.5 Å². The van der Waals surface area contributed by atoms with Crippen molar-refractivity contribution < 1.29 is 26.3 Å². The lowest BCUT2D eigenvalue weighted by atomic mass is 9.95. The third-order valence-corrected chi connectivity index (χ3v) is 8.11. The number of aromatic nitrogens is 1. The number of halogens is 3. The minimum Gasteiger partial charge on any atom is -0.496 e. The Morgan fingerprint density at radius 1 is 1.29 bits per heavy atom. The number of sulfonamides is 1. The van der Waals surface area contributed by atoms with Crippen molar-refractivity contribution in [3.8, 4) is 11.9 Å². The van der Waals surface area contributed by atoms with Gasteiger partial charge < -0.3 is 9.30 Å². The van der Waals surface area contributed by atoms with Crippen molar-refractivity contribution in [1.82, 2.24) is 8.87 Å². The Kier molecular flexibility index (Phi) is 7.50. The molecule has 1 aromatic heterocycles. The molecule has 2 aromatic rings. The van der Waals surface area contributed by atoms with Crippen LogP contribution >= 0.6 is 11.3 Å². The zero-order valence-electron chi connectivity index (χ0n) is 19.9. The molecular weight excluding hydrogens is 503 g/mol. The van der Waals surface area contributed by atoms with Crippen molar-refractivity contribution in [2.24, 2.45) is 15.9 Å². The van der Waals surface area contributed by atoms with Crippen LogP contribution in [0.25, 0.3) is 0 Å². The molecule has 8 nitrogen and oxygen atoms in total. The van der Waals surface area contributed by atoms with Gasteiger partial charge in [-0.15, -0.1) is 11.3 Å². The van der Waals surface area contributed by atoms with E-state index < -0.39 is 21.8 Å². The predicted octanol–water partition coefficient (Wildman–Crippen LogP) is 3.59. The zero-order valence-corrected chi connectivity index (χ0v) is 21.6. The Labute approximate surface area is 206 Å². The molecule has 1 aliphatic rings. The maximum atomic E-state index is 13.4. The number of thiazole rings is 1. The fourth-order valence-corrected chi connectivity index (χ4v) is 5.50. The van der Waals surface area contributed by atoms with Gasteiger partial charge in [-0.25, -0.2) is 12.7 Å². The SMILES string of the molecule is COc1ccc(C(F)(F)F)cc1C(=NC#N)/N=c1\sc(C(C)(C)C)cn1CC1CN(S(C)(=O)=O)C1. The summed E-state index contributed by atoms with van der Waals surface area (Å²) < 4.78 is 71.9. The van der Waals surface area contributed by atoms with Crippen LogP contribution in [-0.4, -0.2) is 49.6 Å². The molecule has 0 bridgehead atoms. The molecule has 0 amide bonds. The summed E-state index contributed by atoms with van der Waals surface area (Å²) >= 11 is 1.33.